The van der Waals surface area contributed by atoms with E-state index in [1.807, 2.05) is 110 Å². The number of pyridine rings is 1. The van der Waals surface area contributed by atoms with Crippen LogP contribution in [0.3, 0.4) is 0 Å². The van der Waals surface area contributed by atoms with Gasteiger partial charge in [0, 0.05) is 27.9 Å². The summed E-state index contributed by atoms with van der Waals surface area (Å²) < 4.78 is 19.7. The number of fused-ring (bicyclic) bond motifs is 2. The molecular formula is C34H30N2O5. The number of nitrogens with zero attached hydrogens (tertiary/aromatic N) is 2. The second-order valence-electron chi connectivity index (χ2n) is 10.2. The molecule has 6 rings (SSSR count). The molecule has 0 bridgehead atoms. The lowest BCUT2D eigenvalue weighted by Crippen LogP contribution is -2.33. The number of carbonyl (C=O) groups excluding carboxylic acids is 2. The van der Waals surface area contributed by atoms with E-state index < -0.39 is 5.97 Å². The summed E-state index contributed by atoms with van der Waals surface area (Å²) in [5.41, 5.74) is 5.67. The van der Waals surface area contributed by atoms with Crippen LogP contribution >= 0.6 is 0 Å². The van der Waals surface area contributed by atoms with E-state index in [0.717, 1.165) is 22.7 Å². The number of esters is 1. The highest BCUT2D eigenvalue weighted by atomic mass is 16.6. The van der Waals surface area contributed by atoms with Gasteiger partial charge in [-0.1, -0.05) is 60.7 Å². The van der Waals surface area contributed by atoms with Crippen molar-refractivity contribution in [1.82, 2.24) is 9.55 Å². The number of aromatic nitrogens is 2. The Morgan fingerprint density at radius 1 is 0.927 bits per heavy atom. The fraction of sp³-hybridized carbons (Fsp3) is 0.206. The van der Waals surface area contributed by atoms with Gasteiger partial charge in [0.2, 0.25) is 5.78 Å². The molecule has 0 saturated heterocycles. The summed E-state index contributed by atoms with van der Waals surface area (Å²) in [5.74, 6) is 0.634. The van der Waals surface area contributed by atoms with Crippen molar-refractivity contribution in [3.8, 4) is 22.8 Å². The van der Waals surface area contributed by atoms with Crippen molar-refractivity contribution < 1.29 is 23.8 Å². The molecule has 7 nitrogen and oxygen atoms in total. The van der Waals surface area contributed by atoms with Crippen LogP contribution in [0.15, 0.2) is 84.9 Å². The van der Waals surface area contributed by atoms with Gasteiger partial charge in [0.05, 0.1) is 23.3 Å². The van der Waals surface area contributed by atoms with Crippen LogP contribution in [0.1, 0.15) is 37.7 Å². The molecule has 0 saturated carbocycles. The Bertz CT molecular complexity index is 1770. The van der Waals surface area contributed by atoms with Crippen molar-refractivity contribution in [3.05, 3.63) is 113 Å². The first-order valence-electron chi connectivity index (χ1n) is 13.6. The van der Waals surface area contributed by atoms with E-state index in [4.69, 9.17) is 19.2 Å². The van der Waals surface area contributed by atoms with Gasteiger partial charge < -0.3 is 18.8 Å². The summed E-state index contributed by atoms with van der Waals surface area (Å²) in [4.78, 5) is 31.6. The van der Waals surface area contributed by atoms with Crippen LogP contribution in [0.2, 0.25) is 0 Å². The summed E-state index contributed by atoms with van der Waals surface area (Å²) in [6, 6.07) is 26.6. The molecule has 0 fully saturated rings. The monoisotopic (exact) mass is 546 g/mol. The molecule has 2 aromatic heterocycles. The topological polar surface area (TPSA) is 79.7 Å². The fourth-order valence-corrected chi connectivity index (χ4v) is 5.45. The zero-order valence-corrected chi connectivity index (χ0v) is 23.2. The van der Waals surface area contributed by atoms with E-state index in [1.54, 1.807) is 0 Å². The van der Waals surface area contributed by atoms with E-state index in [-0.39, 0.29) is 18.5 Å². The minimum absolute atomic E-state index is 0.197. The number of para-hydroxylation sites is 3. The predicted molar refractivity (Wildman–Crippen MR) is 157 cm³/mol. The second kappa shape index (κ2) is 10.9. The van der Waals surface area contributed by atoms with Crippen LogP contribution < -0.4 is 9.47 Å². The van der Waals surface area contributed by atoms with Crippen LogP contribution in [-0.4, -0.2) is 40.6 Å². The molecule has 0 amide bonds. The minimum Gasteiger partial charge on any atom is -0.486 e. The van der Waals surface area contributed by atoms with Crippen LogP contribution in [0, 0.1) is 20.8 Å². The lowest BCUT2D eigenvalue weighted by molar-refractivity contribution is 0.0475. The maximum Gasteiger partial charge on any atom is 0.339 e. The number of rotatable bonds is 7. The normalized spacial score (nSPS) is 14.2. The number of hydrogen-bond donors (Lipinski definition) is 0. The molecule has 0 spiro atoms. The second-order valence-corrected chi connectivity index (χ2v) is 10.2. The summed E-state index contributed by atoms with van der Waals surface area (Å²) in [5, 5.41) is 0.691. The number of aryl methyl sites for hydroxylation is 1. The maximum atomic E-state index is 13.5. The quantitative estimate of drug-likeness (QED) is 0.171. The smallest absolute Gasteiger partial charge is 0.339 e. The van der Waals surface area contributed by atoms with Crippen molar-refractivity contribution >= 4 is 22.7 Å². The number of Topliss-reactive ketones (excluding diaryl/α,β-unsaturated/α-hetero) is 1. The third-order valence-electron chi connectivity index (χ3n) is 7.55. The Balaban J connectivity index is 1.21. The summed E-state index contributed by atoms with van der Waals surface area (Å²) >= 11 is 0. The van der Waals surface area contributed by atoms with E-state index in [1.165, 1.54) is 0 Å². The van der Waals surface area contributed by atoms with Crippen molar-refractivity contribution in [2.24, 2.45) is 0 Å². The predicted octanol–water partition coefficient (Wildman–Crippen LogP) is 6.51. The van der Waals surface area contributed by atoms with Crippen molar-refractivity contribution in [2.45, 2.75) is 33.4 Å². The summed E-state index contributed by atoms with van der Waals surface area (Å²) in [6.45, 7) is 6.29. The number of carbonyl (C=O) groups is 2. The third-order valence-corrected chi connectivity index (χ3v) is 7.55. The molecular weight excluding hydrogens is 516 g/mol. The highest BCUT2D eigenvalue weighted by Gasteiger charge is 2.25. The van der Waals surface area contributed by atoms with E-state index in [9.17, 15) is 9.59 Å². The first-order chi connectivity index (χ1) is 19.9. The zero-order valence-electron chi connectivity index (χ0n) is 23.2. The number of benzene rings is 3. The molecule has 1 unspecified atom stereocenters. The number of hydrogen-bond acceptors (Lipinski definition) is 6. The van der Waals surface area contributed by atoms with Crippen molar-refractivity contribution in [2.75, 3.05) is 13.2 Å². The molecule has 3 heterocycles. The van der Waals surface area contributed by atoms with Crippen LogP contribution in [-0.2, 0) is 11.3 Å². The lowest BCUT2D eigenvalue weighted by atomic mass is 9.98. The Morgan fingerprint density at radius 2 is 1.63 bits per heavy atom. The molecule has 1 atom stereocenters. The molecule has 0 N–H and O–H groups in total. The van der Waals surface area contributed by atoms with Crippen LogP contribution in [0.25, 0.3) is 22.2 Å². The van der Waals surface area contributed by atoms with Crippen LogP contribution in [0.5, 0.6) is 11.5 Å². The van der Waals surface area contributed by atoms with Gasteiger partial charge in [-0.2, -0.15) is 0 Å². The maximum absolute atomic E-state index is 13.5. The SMILES string of the molecule is Cc1c(-c2ccccc2)nc2ccccc2c1C(=O)OCC(=O)c1cc(C)n(CC2COc3ccccc3O2)c1C. The standard InChI is InChI=1S/C34H30N2O5/c1-21-17-27(23(3)36(21)18-25-19-39-30-15-9-10-16-31(30)41-25)29(37)20-40-34(38)32-22(2)33(24-11-5-4-6-12-24)35-28-14-8-7-13-26(28)32/h4-17,25H,18-20H2,1-3H3. The van der Waals surface area contributed by atoms with Crippen molar-refractivity contribution in [3.63, 3.8) is 0 Å². The molecule has 1 aliphatic rings. The molecule has 0 aliphatic carbocycles. The minimum atomic E-state index is -0.549. The largest absolute Gasteiger partial charge is 0.486 e. The molecule has 0 radical (unpaired) electrons. The van der Waals surface area contributed by atoms with E-state index in [0.29, 0.717) is 52.2 Å². The van der Waals surface area contributed by atoms with E-state index >= 15 is 0 Å². The zero-order chi connectivity index (χ0) is 28.5. The molecule has 3 aromatic carbocycles. The number of ether oxygens (including phenoxy) is 3. The Hall–Kier alpha value is -4.91. The van der Waals surface area contributed by atoms with Gasteiger partial charge in [0.15, 0.2) is 24.2 Å². The van der Waals surface area contributed by atoms with Gasteiger partial charge in [0.25, 0.3) is 0 Å². The van der Waals surface area contributed by atoms with Gasteiger partial charge >= 0.3 is 5.97 Å². The average molecular weight is 547 g/mol. The highest BCUT2D eigenvalue weighted by Crippen LogP contribution is 2.32. The van der Waals surface area contributed by atoms with Gasteiger partial charge in [0.1, 0.15) is 6.61 Å². The summed E-state index contributed by atoms with van der Waals surface area (Å²) in [7, 11) is 0. The Labute approximate surface area is 238 Å². The first-order valence-corrected chi connectivity index (χ1v) is 13.6. The molecule has 7 heteroatoms. The molecule has 41 heavy (non-hydrogen) atoms. The van der Waals surface area contributed by atoms with Gasteiger partial charge in [-0.15, -0.1) is 0 Å². The Kier molecular flexibility index (Phi) is 7.01. The number of ketones is 1. The van der Waals surface area contributed by atoms with Gasteiger partial charge in [-0.3, -0.25) is 4.79 Å². The third kappa shape index (κ3) is 5.07. The lowest BCUT2D eigenvalue weighted by Gasteiger charge is -2.27. The fourth-order valence-electron chi connectivity index (χ4n) is 5.45. The molecule has 1 aliphatic heterocycles. The van der Waals surface area contributed by atoms with E-state index in [2.05, 4.69) is 0 Å². The summed E-state index contributed by atoms with van der Waals surface area (Å²) in [6.07, 6.45) is -0.197. The van der Waals surface area contributed by atoms with Gasteiger partial charge in [-0.05, 0) is 50.6 Å². The Morgan fingerprint density at radius 3 is 2.44 bits per heavy atom. The highest BCUT2D eigenvalue weighted by molar-refractivity contribution is 6.07. The average Bonchev–Trinajstić information content (AvgIpc) is 3.28. The molecule has 5 aromatic rings. The first kappa shape index (κ1) is 26.3. The van der Waals surface area contributed by atoms with Gasteiger partial charge in [-0.25, -0.2) is 9.78 Å². The molecule has 206 valence electrons. The van der Waals surface area contributed by atoms with Crippen molar-refractivity contribution in [1.29, 1.82) is 0 Å². The van der Waals surface area contributed by atoms with Crippen LogP contribution in [0.4, 0.5) is 0 Å².